The van der Waals surface area contributed by atoms with Gasteiger partial charge in [0.25, 0.3) is 5.91 Å². The van der Waals surface area contributed by atoms with Gasteiger partial charge in [0, 0.05) is 5.69 Å². The molecule has 0 atom stereocenters. The van der Waals surface area contributed by atoms with E-state index in [0.717, 1.165) is 11.1 Å². The fourth-order valence-corrected chi connectivity index (χ4v) is 1.91. The molecule has 0 aliphatic heterocycles. The molecular formula is C16H17NO3. The summed E-state index contributed by atoms with van der Waals surface area (Å²) in [5, 5.41) is 11.9. The molecule has 2 N–H and O–H groups in total. The van der Waals surface area contributed by atoms with Gasteiger partial charge in [0.15, 0.2) is 6.61 Å². The lowest BCUT2D eigenvalue weighted by Crippen LogP contribution is -2.20. The summed E-state index contributed by atoms with van der Waals surface area (Å²) in [6.07, 6.45) is 0. The van der Waals surface area contributed by atoms with E-state index in [-0.39, 0.29) is 18.3 Å². The van der Waals surface area contributed by atoms with Crippen molar-refractivity contribution < 1.29 is 14.6 Å². The number of ether oxygens (including phenoxy) is 1. The van der Waals surface area contributed by atoms with Gasteiger partial charge in [-0.05, 0) is 61.4 Å². The van der Waals surface area contributed by atoms with Gasteiger partial charge in [0.1, 0.15) is 11.5 Å². The van der Waals surface area contributed by atoms with Crippen molar-refractivity contribution in [3.8, 4) is 11.5 Å². The normalized spacial score (nSPS) is 10.1. The van der Waals surface area contributed by atoms with Crippen LogP contribution in [0.2, 0.25) is 0 Å². The van der Waals surface area contributed by atoms with E-state index in [9.17, 15) is 4.79 Å². The molecule has 20 heavy (non-hydrogen) atoms. The number of carbonyl (C=O) groups excluding carboxylic acids is 1. The molecule has 2 aromatic carbocycles. The summed E-state index contributed by atoms with van der Waals surface area (Å²) in [5.41, 5.74) is 2.81. The highest BCUT2D eigenvalue weighted by atomic mass is 16.5. The van der Waals surface area contributed by atoms with Gasteiger partial charge in [-0.2, -0.15) is 0 Å². The van der Waals surface area contributed by atoms with Gasteiger partial charge < -0.3 is 15.2 Å². The maximum absolute atomic E-state index is 11.7. The first-order valence-electron chi connectivity index (χ1n) is 6.33. The Morgan fingerprint density at radius 2 is 1.70 bits per heavy atom. The van der Waals surface area contributed by atoms with Gasteiger partial charge in [0.05, 0.1) is 0 Å². The number of phenolic OH excluding ortho intramolecular Hbond substituents is 1. The molecule has 2 aromatic rings. The molecule has 0 unspecified atom stereocenters. The molecule has 0 fully saturated rings. The lowest BCUT2D eigenvalue weighted by atomic mass is 10.1. The van der Waals surface area contributed by atoms with Gasteiger partial charge in [-0.15, -0.1) is 0 Å². The van der Waals surface area contributed by atoms with Gasteiger partial charge in [-0.3, -0.25) is 4.79 Å². The number of hydrogen-bond acceptors (Lipinski definition) is 3. The van der Waals surface area contributed by atoms with Gasteiger partial charge >= 0.3 is 0 Å². The molecule has 2 rings (SSSR count). The maximum Gasteiger partial charge on any atom is 0.262 e. The second-order valence-electron chi connectivity index (χ2n) is 4.71. The zero-order valence-electron chi connectivity index (χ0n) is 11.5. The number of hydrogen-bond donors (Lipinski definition) is 2. The van der Waals surface area contributed by atoms with Crippen LogP contribution in [-0.2, 0) is 4.79 Å². The quantitative estimate of drug-likeness (QED) is 0.840. The largest absolute Gasteiger partial charge is 0.508 e. The van der Waals surface area contributed by atoms with E-state index >= 15 is 0 Å². The predicted molar refractivity (Wildman–Crippen MR) is 78.1 cm³/mol. The Labute approximate surface area is 118 Å². The third-order valence-corrected chi connectivity index (χ3v) is 2.72. The van der Waals surface area contributed by atoms with Crippen LogP contribution in [0, 0.1) is 13.8 Å². The average molecular weight is 271 g/mol. The van der Waals surface area contributed by atoms with Crippen LogP contribution >= 0.6 is 0 Å². The highest BCUT2D eigenvalue weighted by Crippen LogP contribution is 2.17. The summed E-state index contributed by atoms with van der Waals surface area (Å²) >= 11 is 0. The molecular weight excluding hydrogens is 254 g/mol. The number of aryl methyl sites for hydroxylation is 2. The molecule has 0 saturated heterocycles. The average Bonchev–Trinajstić information content (AvgIpc) is 2.38. The molecule has 4 nitrogen and oxygen atoms in total. The monoisotopic (exact) mass is 271 g/mol. The third-order valence-electron chi connectivity index (χ3n) is 2.72. The summed E-state index contributed by atoms with van der Waals surface area (Å²) in [5.74, 6) is 0.604. The standard InChI is InChI=1S/C16H17NO3/c1-11-7-12(2)9-15(8-11)20-10-16(19)17-13-3-5-14(18)6-4-13/h3-9,18H,10H2,1-2H3,(H,17,19). The Morgan fingerprint density at radius 3 is 2.30 bits per heavy atom. The lowest BCUT2D eigenvalue weighted by molar-refractivity contribution is -0.118. The lowest BCUT2D eigenvalue weighted by Gasteiger charge is -2.09. The van der Waals surface area contributed by atoms with Crippen LogP contribution in [0.4, 0.5) is 5.69 Å². The second-order valence-corrected chi connectivity index (χ2v) is 4.71. The van der Waals surface area contributed by atoms with E-state index in [1.165, 1.54) is 12.1 Å². The van der Waals surface area contributed by atoms with Crippen molar-refractivity contribution in [1.29, 1.82) is 0 Å². The summed E-state index contributed by atoms with van der Waals surface area (Å²) in [7, 11) is 0. The smallest absolute Gasteiger partial charge is 0.262 e. The van der Waals surface area contributed by atoms with Crippen LogP contribution in [0.3, 0.4) is 0 Å². The first-order valence-corrected chi connectivity index (χ1v) is 6.33. The van der Waals surface area contributed by atoms with Crippen LogP contribution in [0.1, 0.15) is 11.1 Å². The first-order chi connectivity index (χ1) is 9.52. The highest BCUT2D eigenvalue weighted by molar-refractivity contribution is 5.91. The molecule has 0 saturated carbocycles. The fourth-order valence-electron chi connectivity index (χ4n) is 1.91. The van der Waals surface area contributed by atoms with Crippen molar-refractivity contribution in [3.63, 3.8) is 0 Å². The van der Waals surface area contributed by atoms with Gasteiger partial charge in [-0.1, -0.05) is 6.07 Å². The van der Waals surface area contributed by atoms with E-state index in [1.54, 1.807) is 12.1 Å². The van der Waals surface area contributed by atoms with Crippen molar-refractivity contribution in [2.75, 3.05) is 11.9 Å². The second kappa shape index (κ2) is 6.10. The molecule has 4 heteroatoms. The van der Waals surface area contributed by atoms with E-state index in [1.807, 2.05) is 32.0 Å². The van der Waals surface area contributed by atoms with Crippen LogP contribution in [-0.4, -0.2) is 17.6 Å². The fraction of sp³-hybridized carbons (Fsp3) is 0.188. The van der Waals surface area contributed by atoms with E-state index in [4.69, 9.17) is 9.84 Å². The van der Waals surface area contributed by atoms with Crippen LogP contribution in [0.25, 0.3) is 0 Å². The van der Waals surface area contributed by atoms with Crippen LogP contribution in [0.5, 0.6) is 11.5 Å². The number of nitrogens with one attached hydrogen (secondary N) is 1. The Morgan fingerprint density at radius 1 is 1.10 bits per heavy atom. The highest BCUT2D eigenvalue weighted by Gasteiger charge is 2.04. The minimum Gasteiger partial charge on any atom is -0.508 e. The van der Waals surface area contributed by atoms with Crippen molar-refractivity contribution in [2.45, 2.75) is 13.8 Å². The van der Waals surface area contributed by atoms with Gasteiger partial charge in [0.2, 0.25) is 0 Å². The molecule has 1 amide bonds. The maximum atomic E-state index is 11.7. The Kier molecular flexibility index (Phi) is 4.25. The van der Waals surface area contributed by atoms with Crippen LogP contribution in [0.15, 0.2) is 42.5 Å². The van der Waals surface area contributed by atoms with Crippen molar-refractivity contribution in [3.05, 3.63) is 53.6 Å². The molecule has 0 spiro atoms. The zero-order valence-corrected chi connectivity index (χ0v) is 11.5. The molecule has 0 aliphatic carbocycles. The van der Waals surface area contributed by atoms with E-state index in [0.29, 0.717) is 11.4 Å². The molecule has 0 radical (unpaired) electrons. The minimum absolute atomic E-state index is 0.0518. The molecule has 0 bridgehead atoms. The molecule has 104 valence electrons. The molecule has 0 heterocycles. The van der Waals surface area contributed by atoms with Crippen molar-refractivity contribution >= 4 is 11.6 Å². The zero-order chi connectivity index (χ0) is 14.5. The van der Waals surface area contributed by atoms with Crippen LogP contribution < -0.4 is 10.1 Å². The van der Waals surface area contributed by atoms with E-state index < -0.39 is 0 Å². The number of amides is 1. The summed E-state index contributed by atoms with van der Waals surface area (Å²) in [4.78, 5) is 11.7. The minimum atomic E-state index is -0.241. The molecule has 0 aliphatic rings. The summed E-state index contributed by atoms with van der Waals surface area (Å²) in [6, 6.07) is 12.1. The predicted octanol–water partition coefficient (Wildman–Crippen LogP) is 3.03. The summed E-state index contributed by atoms with van der Waals surface area (Å²) in [6.45, 7) is 3.91. The number of anilines is 1. The first kappa shape index (κ1) is 13.9. The number of phenols is 1. The Balaban J connectivity index is 1.90. The SMILES string of the molecule is Cc1cc(C)cc(OCC(=O)Nc2ccc(O)cc2)c1. The van der Waals surface area contributed by atoms with Crippen molar-refractivity contribution in [1.82, 2.24) is 0 Å². The van der Waals surface area contributed by atoms with Gasteiger partial charge in [-0.25, -0.2) is 0 Å². The van der Waals surface area contributed by atoms with E-state index in [2.05, 4.69) is 5.32 Å². The number of carbonyl (C=O) groups is 1. The topological polar surface area (TPSA) is 58.6 Å². The molecule has 0 aromatic heterocycles. The number of aromatic hydroxyl groups is 1. The number of rotatable bonds is 4. The van der Waals surface area contributed by atoms with Crippen molar-refractivity contribution in [2.24, 2.45) is 0 Å². The third kappa shape index (κ3) is 4.02. The summed E-state index contributed by atoms with van der Waals surface area (Å²) < 4.78 is 5.46. The Hall–Kier alpha value is -2.49. The number of benzene rings is 2. The Bertz CT molecular complexity index is 585.